The standard InChI is InChI=1S/C22H30FN3O2.HI/c1-3-24-22(26-14-21(27)19-11-7-8-12-20(19)23)25-13-17(2)15-28-16-18-9-5-4-6-10-18;/h4-12,17,21,27H,3,13-16H2,1-2H3,(H2,24,25,26);1H. The normalized spacial score (nSPS) is 13.3. The third-order valence-corrected chi connectivity index (χ3v) is 4.15. The number of guanidine groups is 1. The quantitative estimate of drug-likeness (QED) is 0.255. The van der Waals surface area contributed by atoms with E-state index in [0.717, 1.165) is 5.56 Å². The van der Waals surface area contributed by atoms with E-state index in [2.05, 4.69) is 22.5 Å². The molecule has 0 bridgehead atoms. The third-order valence-electron chi connectivity index (χ3n) is 4.15. The summed E-state index contributed by atoms with van der Waals surface area (Å²) in [5.74, 6) is 0.423. The van der Waals surface area contributed by atoms with Crippen molar-refractivity contribution in [1.82, 2.24) is 10.6 Å². The Bertz CT molecular complexity index is 731. The molecule has 0 heterocycles. The van der Waals surface area contributed by atoms with Crippen molar-refractivity contribution in [3.05, 3.63) is 71.5 Å². The lowest BCUT2D eigenvalue weighted by Gasteiger charge is -2.17. The van der Waals surface area contributed by atoms with Crippen LogP contribution in [0, 0.1) is 11.7 Å². The number of aliphatic imine (C=N–C) groups is 1. The molecule has 0 aliphatic heterocycles. The van der Waals surface area contributed by atoms with Gasteiger partial charge in [-0.3, -0.25) is 4.99 Å². The number of nitrogens with zero attached hydrogens (tertiary/aromatic N) is 1. The molecule has 2 aromatic rings. The van der Waals surface area contributed by atoms with E-state index in [4.69, 9.17) is 4.74 Å². The smallest absolute Gasteiger partial charge is 0.191 e. The molecular formula is C22H31FIN3O2. The van der Waals surface area contributed by atoms with Gasteiger partial charge in [-0.15, -0.1) is 24.0 Å². The molecule has 160 valence electrons. The van der Waals surface area contributed by atoms with E-state index in [9.17, 15) is 9.50 Å². The molecule has 0 amide bonds. The predicted octanol–water partition coefficient (Wildman–Crippen LogP) is 3.89. The fourth-order valence-corrected chi connectivity index (χ4v) is 2.64. The lowest BCUT2D eigenvalue weighted by Crippen LogP contribution is -2.39. The molecule has 0 radical (unpaired) electrons. The van der Waals surface area contributed by atoms with Crippen LogP contribution in [0.25, 0.3) is 0 Å². The second-order valence-electron chi connectivity index (χ2n) is 6.74. The molecule has 2 aromatic carbocycles. The number of ether oxygens (including phenoxy) is 1. The first-order valence-electron chi connectivity index (χ1n) is 9.66. The molecule has 2 rings (SSSR count). The van der Waals surface area contributed by atoms with Crippen LogP contribution < -0.4 is 10.6 Å². The zero-order valence-electron chi connectivity index (χ0n) is 17.0. The molecular weight excluding hydrogens is 484 g/mol. The summed E-state index contributed by atoms with van der Waals surface area (Å²) in [5.41, 5.74) is 1.42. The topological polar surface area (TPSA) is 65.9 Å². The minimum absolute atomic E-state index is 0. The summed E-state index contributed by atoms with van der Waals surface area (Å²) >= 11 is 0. The highest BCUT2D eigenvalue weighted by Gasteiger charge is 2.12. The first-order valence-corrected chi connectivity index (χ1v) is 9.66. The van der Waals surface area contributed by atoms with Crippen LogP contribution in [0.3, 0.4) is 0 Å². The van der Waals surface area contributed by atoms with Crippen LogP contribution in [0.15, 0.2) is 59.6 Å². The Morgan fingerprint density at radius 1 is 1.10 bits per heavy atom. The molecule has 7 heteroatoms. The maximum atomic E-state index is 13.8. The van der Waals surface area contributed by atoms with Crippen LogP contribution in [-0.2, 0) is 11.3 Å². The van der Waals surface area contributed by atoms with Crippen LogP contribution in [0.1, 0.15) is 31.1 Å². The average molecular weight is 515 g/mol. The molecule has 2 unspecified atom stereocenters. The van der Waals surface area contributed by atoms with Gasteiger partial charge in [0.1, 0.15) is 5.82 Å². The van der Waals surface area contributed by atoms with Gasteiger partial charge in [-0.05, 0) is 24.5 Å². The van der Waals surface area contributed by atoms with Crippen molar-refractivity contribution in [2.24, 2.45) is 10.9 Å². The van der Waals surface area contributed by atoms with Gasteiger partial charge >= 0.3 is 0 Å². The van der Waals surface area contributed by atoms with E-state index in [1.807, 2.05) is 37.3 Å². The molecule has 5 nitrogen and oxygen atoms in total. The Kier molecular flexibility index (Phi) is 12.5. The number of aliphatic hydroxyl groups excluding tert-OH is 1. The molecule has 2 atom stereocenters. The van der Waals surface area contributed by atoms with E-state index >= 15 is 0 Å². The molecule has 29 heavy (non-hydrogen) atoms. The average Bonchev–Trinajstić information content (AvgIpc) is 2.71. The van der Waals surface area contributed by atoms with Gasteiger partial charge in [0.25, 0.3) is 0 Å². The van der Waals surface area contributed by atoms with Crippen LogP contribution >= 0.6 is 24.0 Å². The Morgan fingerprint density at radius 3 is 2.48 bits per heavy atom. The predicted molar refractivity (Wildman–Crippen MR) is 126 cm³/mol. The van der Waals surface area contributed by atoms with Crippen molar-refractivity contribution >= 4 is 29.9 Å². The minimum atomic E-state index is -0.948. The van der Waals surface area contributed by atoms with Gasteiger partial charge in [-0.1, -0.05) is 55.5 Å². The summed E-state index contributed by atoms with van der Waals surface area (Å²) in [6.45, 7) is 6.69. The number of aliphatic hydroxyl groups is 1. The van der Waals surface area contributed by atoms with Gasteiger partial charge in [0, 0.05) is 25.2 Å². The summed E-state index contributed by atoms with van der Waals surface area (Å²) in [5, 5.41) is 16.4. The minimum Gasteiger partial charge on any atom is -0.386 e. The first-order chi connectivity index (χ1) is 13.6. The maximum absolute atomic E-state index is 13.8. The Balaban J connectivity index is 0.00000420. The van der Waals surface area contributed by atoms with Crippen LogP contribution in [0.2, 0.25) is 0 Å². The van der Waals surface area contributed by atoms with Gasteiger partial charge in [0.15, 0.2) is 5.96 Å². The van der Waals surface area contributed by atoms with Crippen molar-refractivity contribution in [3.8, 4) is 0 Å². The second-order valence-corrected chi connectivity index (χ2v) is 6.74. The van der Waals surface area contributed by atoms with E-state index in [1.54, 1.807) is 18.2 Å². The lowest BCUT2D eigenvalue weighted by molar-refractivity contribution is 0.0944. The number of rotatable bonds is 10. The number of hydrogen-bond acceptors (Lipinski definition) is 3. The monoisotopic (exact) mass is 515 g/mol. The van der Waals surface area contributed by atoms with E-state index in [-0.39, 0.29) is 42.0 Å². The number of benzene rings is 2. The van der Waals surface area contributed by atoms with Gasteiger partial charge in [-0.25, -0.2) is 4.39 Å². The summed E-state index contributed by atoms with van der Waals surface area (Å²) in [7, 11) is 0. The van der Waals surface area contributed by atoms with Crippen molar-refractivity contribution in [1.29, 1.82) is 0 Å². The molecule has 3 N–H and O–H groups in total. The highest BCUT2D eigenvalue weighted by Crippen LogP contribution is 2.15. The van der Waals surface area contributed by atoms with Crippen LogP contribution in [-0.4, -0.2) is 37.3 Å². The molecule has 0 aromatic heterocycles. The van der Waals surface area contributed by atoms with Gasteiger partial charge < -0.3 is 20.5 Å². The Labute approximate surface area is 189 Å². The first kappa shape index (κ1) is 25.3. The Hall–Kier alpha value is -1.71. The third kappa shape index (κ3) is 9.56. The van der Waals surface area contributed by atoms with Gasteiger partial charge in [-0.2, -0.15) is 0 Å². The highest BCUT2D eigenvalue weighted by molar-refractivity contribution is 14.0. The van der Waals surface area contributed by atoms with Gasteiger partial charge in [0.2, 0.25) is 0 Å². The van der Waals surface area contributed by atoms with Crippen molar-refractivity contribution in [2.45, 2.75) is 26.6 Å². The molecule has 0 aliphatic rings. The SMILES string of the molecule is CCNC(=NCC(C)COCc1ccccc1)NCC(O)c1ccccc1F.I. The van der Waals surface area contributed by atoms with Crippen molar-refractivity contribution in [3.63, 3.8) is 0 Å². The lowest BCUT2D eigenvalue weighted by atomic mass is 10.1. The molecule has 0 spiro atoms. The summed E-state index contributed by atoms with van der Waals surface area (Å²) in [6, 6.07) is 16.3. The largest absolute Gasteiger partial charge is 0.386 e. The fraction of sp³-hybridized carbons (Fsp3) is 0.409. The number of nitrogens with one attached hydrogen (secondary N) is 2. The summed E-state index contributed by atoms with van der Waals surface area (Å²) < 4.78 is 19.5. The fourth-order valence-electron chi connectivity index (χ4n) is 2.64. The molecule has 0 fully saturated rings. The van der Waals surface area contributed by atoms with Crippen molar-refractivity contribution < 1.29 is 14.2 Å². The molecule has 0 saturated heterocycles. The number of halogens is 2. The maximum Gasteiger partial charge on any atom is 0.191 e. The Morgan fingerprint density at radius 2 is 1.79 bits per heavy atom. The summed E-state index contributed by atoms with van der Waals surface area (Å²) in [4.78, 5) is 4.54. The van der Waals surface area contributed by atoms with E-state index in [1.165, 1.54) is 6.07 Å². The zero-order chi connectivity index (χ0) is 20.2. The molecule has 0 saturated carbocycles. The summed E-state index contributed by atoms with van der Waals surface area (Å²) in [6.07, 6.45) is -0.948. The van der Waals surface area contributed by atoms with Crippen LogP contribution in [0.5, 0.6) is 0 Å². The van der Waals surface area contributed by atoms with E-state index in [0.29, 0.717) is 32.3 Å². The second kappa shape index (κ2) is 14.3. The van der Waals surface area contributed by atoms with Crippen LogP contribution in [0.4, 0.5) is 4.39 Å². The van der Waals surface area contributed by atoms with Gasteiger partial charge in [0.05, 0.1) is 19.3 Å². The number of hydrogen-bond donors (Lipinski definition) is 3. The van der Waals surface area contributed by atoms with E-state index < -0.39 is 11.9 Å². The van der Waals surface area contributed by atoms with Crippen molar-refractivity contribution in [2.75, 3.05) is 26.2 Å². The highest BCUT2D eigenvalue weighted by atomic mass is 127. The molecule has 0 aliphatic carbocycles. The zero-order valence-corrected chi connectivity index (χ0v) is 19.3.